The molecule has 0 saturated carbocycles. The summed E-state index contributed by atoms with van der Waals surface area (Å²) in [6, 6.07) is 7.54. The molecule has 0 fully saturated rings. The number of hydrogen-bond donors (Lipinski definition) is 0. The van der Waals surface area contributed by atoms with Gasteiger partial charge in [0.15, 0.2) is 0 Å². The van der Waals surface area contributed by atoms with Crippen molar-refractivity contribution < 1.29 is 23.8 Å². The molecule has 0 aliphatic rings. The lowest BCUT2D eigenvalue weighted by Crippen LogP contribution is -2.05. The maximum atomic E-state index is 11.8. The second-order valence-electron chi connectivity index (χ2n) is 6.67. The number of carbonyl (C=O) groups excluding carboxylic acids is 2. The van der Waals surface area contributed by atoms with E-state index >= 15 is 0 Å². The van der Waals surface area contributed by atoms with Crippen LogP contribution in [0.5, 0.6) is 5.75 Å². The molecule has 1 aromatic rings. The number of carbonyl (C=O) groups is 2. The van der Waals surface area contributed by atoms with E-state index in [1.165, 1.54) is 0 Å². The van der Waals surface area contributed by atoms with Crippen molar-refractivity contribution >= 4 is 11.9 Å². The summed E-state index contributed by atoms with van der Waals surface area (Å²) in [5.41, 5.74) is 0.876. The molecule has 0 aliphatic heterocycles. The number of hydrogen-bond acceptors (Lipinski definition) is 5. The van der Waals surface area contributed by atoms with Gasteiger partial charge in [-0.3, -0.25) is 9.59 Å². The van der Waals surface area contributed by atoms with Gasteiger partial charge in [-0.05, 0) is 25.3 Å². The maximum Gasteiger partial charge on any atom is 0.306 e. The molecule has 5 nitrogen and oxygen atoms in total. The van der Waals surface area contributed by atoms with E-state index in [2.05, 4.69) is 6.92 Å². The van der Waals surface area contributed by atoms with Crippen molar-refractivity contribution in [3.63, 3.8) is 0 Å². The van der Waals surface area contributed by atoms with Crippen molar-refractivity contribution in [1.29, 1.82) is 0 Å². The fourth-order valence-corrected chi connectivity index (χ4v) is 2.70. The average Bonchev–Trinajstić information content (AvgIpc) is 2.68. The van der Waals surface area contributed by atoms with Crippen molar-refractivity contribution in [2.24, 2.45) is 0 Å². The van der Waals surface area contributed by atoms with Crippen LogP contribution in [0.1, 0.15) is 76.7 Å². The minimum Gasteiger partial charge on any atom is -0.496 e. The lowest BCUT2D eigenvalue weighted by Gasteiger charge is -2.09. The monoisotopic (exact) mass is 378 g/mol. The Hall–Kier alpha value is -2.04. The summed E-state index contributed by atoms with van der Waals surface area (Å²) >= 11 is 0. The van der Waals surface area contributed by atoms with E-state index in [9.17, 15) is 9.59 Å². The zero-order chi connectivity index (χ0) is 19.7. The first-order valence-corrected chi connectivity index (χ1v) is 10.1. The van der Waals surface area contributed by atoms with Crippen molar-refractivity contribution in [3.05, 3.63) is 29.8 Å². The van der Waals surface area contributed by atoms with Gasteiger partial charge < -0.3 is 14.2 Å². The Kier molecular flexibility index (Phi) is 12.8. The first kappa shape index (κ1) is 23.0. The largest absolute Gasteiger partial charge is 0.496 e. The minimum atomic E-state index is -0.171. The molecule has 0 heterocycles. The number of para-hydroxylation sites is 1. The highest BCUT2D eigenvalue weighted by atomic mass is 16.5. The number of esters is 2. The molecule has 0 amide bonds. The summed E-state index contributed by atoms with van der Waals surface area (Å²) in [5, 5.41) is 0. The highest BCUT2D eigenvalue weighted by Gasteiger charge is 2.07. The van der Waals surface area contributed by atoms with Gasteiger partial charge in [0.25, 0.3) is 0 Å². The number of benzene rings is 1. The Morgan fingerprint density at radius 1 is 0.815 bits per heavy atom. The average molecular weight is 379 g/mol. The van der Waals surface area contributed by atoms with Crippen LogP contribution in [0.3, 0.4) is 0 Å². The van der Waals surface area contributed by atoms with E-state index < -0.39 is 0 Å². The molecule has 0 atom stereocenters. The van der Waals surface area contributed by atoms with Gasteiger partial charge in [0, 0.05) is 18.4 Å². The molecule has 0 N–H and O–H groups in total. The summed E-state index contributed by atoms with van der Waals surface area (Å²) in [6.45, 7) is 2.87. The van der Waals surface area contributed by atoms with Crippen LogP contribution in [0.25, 0.3) is 0 Å². The number of rotatable bonds is 15. The third-order valence-corrected chi connectivity index (χ3v) is 4.35. The lowest BCUT2D eigenvalue weighted by atomic mass is 10.1. The Morgan fingerprint density at radius 2 is 1.41 bits per heavy atom. The van der Waals surface area contributed by atoms with Gasteiger partial charge in [-0.15, -0.1) is 0 Å². The third-order valence-electron chi connectivity index (χ3n) is 4.35. The maximum absolute atomic E-state index is 11.8. The van der Waals surface area contributed by atoms with E-state index in [4.69, 9.17) is 14.2 Å². The molecule has 152 valence electrons. The molecule has 27 heavy (non-hydrogen) atoms. The minimum absolute atomic E-state index is 0.0822. The second kappa shape index (κ2) is 15.1. The predicted molar refractivity (Wildman–Crippen MR) is 106 cm³/mol. The zero-order valence-corrected chi connectivity index (χ0v) is 16.8. The molecular weight excluding hydrogens is 344 g/mol. The van der Waals surface area contributed by atoms with Crippen LogP contribution < -0.4 is 4.74 Å². The standard InChI is InChI=1S/C22H34O5/c1-3-4-17-26-21(23)15-9-7-5-6-8-10-16-22(24)27-18-19-13-11-12-14-20(19)25-2/h11-14H,3-10,15-18H2,1-2H3. The van der Waals surface area contributed by atoms with Crippen LogP contribution in [0.4, 0.5) is 0 Å². The normalized spacial score (nSPS) is 10.4. The highest BCUT2D eigenvalue weighted by molar-refractivity contribution is 5.69. The molecule has 0 radical (unpaired) electrons. The zero-order valence-electron chi connectivity index (χ0n) is 16.8. The van der Waals surface area contributed by atoms with Gasteiger partial charge in [0.2, 0.25) is 0 Å². The van der Waals surface area contributed by atoms with Gasteiger partial charge in [-0.2, -0.15) is 0 Å². The quantitative estimate of drug-likeness (QED) is 0.310. The SMILES string of the molecule is CCCCOC(=O)CCCCCCCCC(=O)OCc1ccccc1OC. The van der Waals surface area contributed by atoms with Crippen molar-refractivity contribution in [3.8, 4) is 5.75 Å². The molecule has 0 unspecified atom stereocenters. The molecular formula is C22H34O5. The fourth-order valence-electron chi connectivity index (χ4n) is 2.70. The summed E-state index contributed by atoms with van der Waals surface area (Å²) in [6.07, 6.45) is 8.84. The molecule has 0 bridgehead atoms. The molecule has 0 aliphatic carbocycles. The summed E-state index contributed by atoms with van der Waals surface area (Å²) in [5.74, 6) is 0.483. The molecule has 1 aromatic carbocycles. The van der Waals surface area contributed by atoms with E-state index in [-0.39, 0.29) is 18.5 Å². The Balaban J connectivity index is 1.97. The third kappa shape index (κ3) is 11.3. The number of unbranched alkanes of at least 4 members (excludes halogenated alkanes) is 6. The first-order valence-electron chi connectivity index (χ1n) is 10.1. The van der Waals surface area contributed by atoms with Gasteiger partial charge in [-0.25, -0.2) is 0 Å². The van der Waals surface area contributed by atoms with Crippen LogP contribution in [0.2, 0.25) is 0 Å². The van der Waals surface area contributed by atoms with Crippen molar-refractivity contribution in [2.45, 2.75) is 77.7 Å². The smallest absolute Gasteiger partial charge is 0.306 e. The number of ether oxygens (including phenoxy) is 3. The topological polar surface area (TPSA) is 61.8 Å². The van der Waals surface area contributed by atoms with E-state index in [0.717, 1.165) is 62.7 Å². The van der Waals surface area contributed by atoms with Gasteiger partial charge in [0.1, 0.15) is 12.4 Å². The Labute approximate surface area is 163 Å². The summed E-state index contributed by atoms with van der Waals surface area (Å²) in [4.78, 5) is 23.3. The van der Waals surface area contributed by atoms with Gasteiger partial charge in [-0.1, -0.05) is 57.2 Å². The second-order valence-corrected chi connectivity index (χ2v) is 6.67. The van der Waals surface area contributed by atoms with Crippen molar-refractivity contribution in [2.75, 3.05) is 13.7 Å². The molecule has 5 heteroatoms. The van der Waals surface area contributed by atoms with Crippen molar-refractivity contribution in [1.82, 2.24) is 0 Å². The lowest BCUT2D eigenvalue weighted by molar-refractivity contribution is -0.145. The van der Waals surface area contributed by atoms with Gasteiger partial charge >= 0.3 is 11.9 Å². The molecule has 0 saturated heterocycles. The molecule has 1 rings (SSSR count). The number of methoxy groups -OCH3 is 1. The summed E-state index contributed by atoms with van der Waals surface area (Å²) in [7, 11) is 1.61. The first-order chi connectivity index (χ1) is 13.2. The van der Waals surface area contributed by atoms with E-state index in [0.29, 0.717) is 19.4 Å². The van der Waals surface area contributed by atoms with Crippen LogP contribution in [-0.4, -0.2) is 25.7 Å². The van der Waals surface area contributed by atoms with Crippen LogP contribution in [0, 0.1) is 0 Å². The van der Waals surface area contributed by atoms with E-state index in [1.807, 2.05) is 24.3 Å². The molecule has 0 aromatic heterocycles. The Bertz CT molecular complexity index is 541. The highest BCUT2D eigenvalue weighted by Crippen LogP contribution is 2.18. The van der Waals surface area contributed by atoms with Crippen LogP contribution in [0.15, 0.2) is 24.3 Å². The Morgan fingerprint density at radius 3 is 2.04 bits per heavy atom. The summed E-state index contributed by atoms with van der Waals surface area (Å²) < 4.78 is 15.7. The predicted octanol–water partition coefficient (Wildman–Crippen LogP) is 5.20. The van der Waals surface area contributed by atoms with Crippen LogP contribution >= 0.6 is 0 Å². The van der Waals surface area contributed by atoms with E-state index in [1.54, 1.807) is 7.11 Å². The fraction of sp³-hybridized carbons (Fsp3) is 0.636. The molecule has 0 spiro atoms. The van der Waals surface area contributed by atoms with Crippen LogP contribution in [-0.2, 0) is 25.7 Å². The van der Waals surface area contributed by atoms with Gasteiger partial charge in [0.05, 0.1) is 13.7 Å².